The lowest BCUT2D eigenvalue weighted by Gasteiger charge is -2.17. The van der Waals surface area contributed by atoms with E-state index in [1.54, 1.807) is 12.2 Å². The van der Waals surface area contributed by atoms with Crippen LogP contribution in [0.5, 0.6) is 0 Å². The minimum Gasteiger partial charge on any atom is -0.318 e. The molecule has 2 N–H and O–H groups in total. The largest absolute Gasteiger partial charge is 0.318 e. The normalized spacial score (nSPS) is 24.9. The van der Waals surface area contributed by atoms with Gasteiger partial charge in [0, 0.05) is 24.7 Å². The lowest BCUT2D eigenvalue weighted by Crippen LogP contribution is -2.33. The average Bonchev–Trinajstić information content (AvgIpc) is 2.52. The van der Waals surface area contributed by atoms with Gasteiger partial charge < -0.3 is 10.6 Å². The Labute approximate surface area is 102 Å². The molecule has 0 radical (unpaired) electrons. The number of hydrogen-bond donors (Lipinski definition) is 2. The lowest BCUT2D eigenvalue weighted by atomic mass is 9.97. The molecular formula is C13H22F2N2. The van der Waals surface area contributed by atoms with Crippen molar-refractivity contribution in [3.05, 3.63) is 23.8 Å². The standard InChI is InChI=1S/C13H22F2N2/c1-3-10-8-11(13(14)15)4-5-12(9-10)17-7-6-16-2/h4-5,8,10,12-13,16-17H,3,6-7,9H2,1-2H3. The quantitative estimate of drug-likeness (QED) is 0.701. The summed E-state index contributed by atoms with van der Waals surface area (Å²) in [7, 11) is 1.90. The van der Waals surface area contributed by atoms with Gasteiger partial charge in [0.1, 0.15) is 0 Å². The van der Waals surface area contributed by atoms with Crippen molar-refractivity contribution in [1.82, 2.24) is 10.6 Å². The Kier molecular flexibility index (Phi) is 6.37. The molecule has 0 aromatic heterocycles. The molecule has 4 heteroatoms. The summed E-state index contributed by atoms with van der Waals surface area (Å²) < 4.78 is 25.4. The average molecular weight is 244 g/mol. The number of likely N-dealkylation sites (N-methyl/N-ethyl adjacent to an activating group) is 1. The number of nitrogens with one attached hydrogen (secondary N) is 2. The molecule has 0 amide bonds. The van der Waals surface area contributed by atoms with Gasteiger partial charge in [-0.15, -0.1) is 0 Å². The molecule has 0 saturated heterocycles. The predicted molar refractivity (Wildman–Crippen MR) is 67.3 cm³/mol. The van der Waals surface area contributed by atoms with E-state index in [9.17, 15) is 8.78 Å². The first kappa shape index (κ1) is 14.3. The summed E-state index contributed by atoms with van der Waals surface area (Å²) in [5.74, 6) is 0.237. The van der Waals surface area contributed by atoms with Crippen molar-refractivity contribution in [2.24, 2.45) is 5.92 Å². The van der Waals surface area contributed by atoms with Crippen molar-refractivity contribution in [2.75, 3.05) is 20.1 Å². The molecule has 2 atom stereocenters. The first-order chi connectivity index (χ1) is 8.17. The molecule has 17 heavy (non-hydrogen) atoms. The fraction of sp³-hybridized carbons (Fsp3) is 0.692. The van der Waals surface area contributed by atoms with E-state index in [0.29, 0.717) is 0 Å². The third kappa shape index (κ3) is 4.96. The van der Waals surface area contributed by atoms with Crippen LogP contribution in [0.3, 0.4) is 0 Å². The summed E-state index contributed by atoms with van der Waals surface area (Å²) >= 11 is 0. The molecule has 0 aromatic carbocycles. The monoisotopic (exact) mass is 244 g/mol. The lowest BCUT2D eigenvalue weighted by molar-refractivity contribution is 0.193. The highest BCUT2D eigenvalue weighted by Gasteiger charge is 2.18. The summed E-state index contributed by atoms with van der Waals surface area (Å²) in [5, 5.41) is 6.41. The molecule has 2 nitrogen and oxygen atoms in total. The van der Waals surface area contributed by atoms with Gasteiger partial charge in [-0.05, 0) is 25.8 Å². The van der Waals surface area contributed by atoms with Crippen LogP contribution in [-0.4, -0.2) is 32.6 Å². The SMILES string of the molecule is CCC1C=C(C(F)F)C=CC(NCCNC)C1. The molecule has 0 aliphatic heterocycles. The van der Waals surface area contributed by atoms with Crippen LogP contribution in [0.1, 0.15) is 19.8 Å². The zero-order chi connectivity index (χ0) is 12.7. The van der Waals surface area contributed by atoms with E-state index in [2.05, 4.69) is 10.6 Å². The Morgan fingerprint density at radius 2 is 2.18 bits per heavy atom. The van der Waals surface area contributed by atoms with E-state index in [-0.39, 0.29) is 17.5 Å². The van der Waals surface area contributed by atoms with Gasteiger partial charge in [-0.2, -0.15) is 0 Å². The topological polar surface area (TPSA) is 24.1 Å². The fourth-order valence-electron chi connectivity index (χ4n) is 1.99. The predicted octanol–water partition coefficient (Wildman–Crippen LogP) is 2.34. The molecule has 0 aromatic rings. The van der Waals surface area contributed by atoms with Crippen LogP contribution in [0.25, 0.3) is 0 Å². The van der Waals surface area contributed by atoms with Crippen molar-refractivity contribution in [3.63, 3.8) is 0 Å². The highest BCUT2D eigenvalue weighted by Crippen LogP contribution is 2.23. The molecule has 0 heterocycles. The smallest absolute Gasteiger partial charge is 0.263 e. The van der Waals surface area contributed by atoms with E-state index < -0.39 is 6.43 Å². The van der Waals surface area contributed by atoms with E-state index in [1.165, 1.54) is 0 Å². The van der Waals surface area contributed by atoms with Gasteiger partial charge in [0.05, 0.1) is 0 Å². The van der Waals surface area contributed by atoms with Crippen LogP contribution in [0.15, 0.2) is 23.8 Å². The van der Waals surface area contributed by atoms with E-state index in [0.717, 1.165) is 25.9 Å². The van der Waals surface area contributed by atoms with Gasteiger partial charge in [0.15, 0.2) is 0 Å². The van der Waals surface area contributed by atoms with E-state index >= 15 is 0 Å². The Morgan fingerprint density at radius 1 is 1.41 bits per heavy atom. The maximum absolute atomic E-state index is 12.7. The second kappa shape index (κ2) is 7.56. The second-order valence-corrected chi connectivity index (χ2v) is 4.39. The molecule has 0 bridgehead atoms. The first-order valence-electron chi connectivity index (χ1n) is 6.23. The minimum absolute atomic E-state index is 0.162. The second-order valence-electron chi connectivity index (χ2n) is 4.39. The Bertz CT molecular complexity index is 275. The van der Waals surface area contributed by atoms with Crippen molar-refractivity contribution in [3.8, 4) is 0 Å². The fourth-order valence-corrected chi connectivity index (χ4v) is 1.99. The summed E-state index contributed by atoms with van der Waals surface area (Å²) in [5.41, 5.74) is 0.162. The van der Waals surface area contributed by atoms with Gasteiger partial charge in [-0.3, -0.25) is 0 Å². The van der Waals surface area contributed by atoms with Gasteiger partial charge in [-0.25, -0.2) is 8.78 Å². The molecular weight excluding hydrogens is 222 g/mol. The molecule has 1 aliphatic rings. The Hall–Kier alpha value is -0.740. The van der Waals surface area contributed by atoms with Crippen LogP contribution in [-0.2, 0) is 0 Å². The number of rotatable bonds is 6. The molecule has 0 spiro atoms. The minimum atomic E-state index is -2.36. The van der Waals surface area contributed by atoms with Crippen LogP contribution in [0, 0.1) is 5.92 Å². The molecule has 0 saturated carbocycles. The maximum atomic E-state index is 12.7. The zero-order valence-corrected chi connectivity index (χ0v) is 10.5. The highest BCUT2D eigenvalue weighted by molar-refractivity contribution is 5.25. The van der Waals surface area contributed by atoms with E-state index in [1.807, 2.05) is 20.0 Å². The molecule has 1 aliphatic carbocycles. The maximum Gasteiger partial charge on any atom is 0.263 e. The van der Waals surface area contributed by atoms with E-state index in [4.69, 9.17) is 0 Å². The third-order valence-corrected chi connectivity index (χ3v) is 3.06. The summed E-state index contributed by atoms with van der Waals surface area (Å²) in [4.78, 5) is 0. The summed E-state index contributed by atoms with van der Waals surface area (Å²) in [6.45, 7) is 3.78. The summed E-state index contributed by atoms with van der Waals surface area (Å²) in [6, 6.07) is 0.195. The van der Waals surface area contributed by atoms with Crippen molar-refractivity contribution < 1.29 is 8.78 Å². The third-order valence-electron chi connectivity index (χ3n) is 3.06. The number of alkyl halides is 2. The molecule has 98 valence electrons. The molecule has 1 rings (SSSR count). The number of halogens is 2. The first-order valence-corrected chi connectivity index (χ1v) is 6.23. The van der Waals surface area contributed by atoms with Crippen molar-refractivity contribution >= 4 is 0 Å². The highest BCUT2D eigenvalue weighted by atomic mass is 19.3. The Balaban J connectivity index is 2.58. The summed E-state index contributed by atoms with van der Waals surface area (Å²) in [6.07, 6.45) is 4.59. The van der Waals surface area contributed by atoms with Crippen LogP contribution < -0.4 is 10.6 Å². The van der Waals surface area contributed by atoms with Gasteiger partial charge in [0.2, 0.25) is 0 Å². The van der Waals surface area contributed by atoms with Gasteiger partial charge in [0.25, 0.3) is 6.43 Å². The van der Waals surface area contributed by atoms with Crippen LogP contribution >= 0.6 is 0 Å². The van der Waals surface area contributed by atoms with Gasteiger partial charge in [-0.1, -0.05) is 25.2 Å². The van der Waals surface area contributed by atoms with Crippen molar-refractivity contribution in [1.29, 1.82) is 0 Å². The van der Waals surface area contributed by atoms with Crippen LogP contribution in [0.4, 0.5) is 8.78 Å². The molecule has 2 unspecified atom stereocenters. The van der Waals surface area contributed by atoms with Crippen molar-refractivity contribution in [2.45, 2.75) is 32.2 Å². The zero-order valence-electron chi connectivity index (χ0n) is 10.5. The van der Waals surface area contributed by atoms with Crippen LogP contribution in [0.2, 0.25) is 0 Å². The van der Waals surface area contributed by atoms with Gasteiger partial charge >= 0.3 is 0 Å². The molecule has 0 fully saturated rings. The Morgan fingerprint density at radius 3 is 2.76 bits per heavy atom. The number of hydrogen-bond acceptors (Lipinski definition) is 2. The number of allylic oxidation sites excluding steroid dienone is 3.